The molecular formula is C22H26FNO6. The first-order chi connectivity index (χ1) is 14.5. The fraction of sp³-hybridized carbons (Fsp3) is 0.364. The standard InChI is InChI=1S/C22H26FNO6/c1-4-27-18-11-16(12-19(28-5-2)21(18)29-6-3)22(26)30-14-20(25)24-13-15-9-7-8-10-17(15)23/h7-12H,4-6,13-14H2,1-3H3,(H,24,25). The van der Waals surface area contributed by atoms with Crippen molar-refractivity contribution >= 4 is 11.9 Å². The van der Waals surface area contributed by atoms with Crippen molar-refractivity contribution in [1.82, 2.24) is 5.32 Å². The maximum Gasteiger partial charge on any atom is 0.338 e. The van der Waals surface area contributed by atoms with E-state index in [4.69, 9.17) is 18.9 Å². The Morgan fingerprint density at radius 1 is 0.933 bits per heavy atom. The average molecular weight is 419 g/mol. The lowest BCUT2D eigenvalue weighted by Gasteiger charge is -2.16. The Labute approximate surface area is 175 Å². The molecule has 0 fully saturated rings. The number of ether oxygens (including phenoxy) is 4. The molecule has 2 rings (SSSR count). The van der Waals surface area contributed by atoms with Crippen molar-refractivity contribution in [3.63, 3.8) is 0 Å². The summed E-state index contributed by atoms with van der Waals surface area (Å²) in [6.07, 6.45) is 0. The number of nitrogens with one attached hydrogen (secondary N) is 1. The van der Waals surface area contributed by atoms with E-state index in [0.717, 1.165) is 0 Å². The third kappa shape index (κ3) is 6.37. The van der Waals surface area contributed by atoms with Gasteiger partial charge in [-0.15, -0.1) is 0 Å². The molecule has 162 valence electrons. The summed E-state index contributed by atoms with van der Waals surface area (Å²) in [7, 11) is 0. The van der Waals surface area contributed by atoms with Gasteiger partial charge in [-0.2, -0.15) is 0 Å². The van der Waals surface area contributed by atoms with Gasteiger partial charge in [0.15, 0.2) is 18.1 Å². The summed E-state index contributed by atoms with van der Waals surface area (Å²) in [5.41, 5.74) is 0.499. The fourth-order valence-electron chi connectivity index (χ4n) is 2.61. The first kappa shape index (κ1) is 23.0. The molecule has 2 aromatic carbocycles. The monoisotopic (exact) mass is 419 g/mol. The van der Waals surface area contributed by atoms with Crippen LogP contribution in [-0.2, 0) is 16.1 Å². The van der Waals surface area contributed by atoms with Crippen molar-refractivity contribution < 1.29 is 32.9 Å². The van der Waals surface area contributed by atoms with Crippen molar-refractivity contribution in [2.75, 3.05) is 26.4 Å². The minimum absolute atomic E-state index is 0.00487. The van der Waals surface area contributed by atoms with Crippen LogP contribution in [-0.4, -0.2) is 38.3 Å². The van der Waals surface area contributed by atoms with Gasteiger partial charge in [0, 0.05) is 12.1 Å². The summed E-state index contributed by atoms with van der Waals surface area (Å²) < 4.78 is 35.4. The second-order valence-corrected chi connectivity index (χ2v) is 6.04. The predicted octanol–water partition coefficient (Wildman–Crippen LogP) is 3.50. The molecule has 0 bridgehead atoms. The lowest BCUT2D eigenvalue weighted by atomic mass is 10.2. The van der Waals surface area contributed by atoms with Crippen LogP contribution in [0.5, 0.6) is 17.2 Å². The molecule has 0 atom stereocenters. The molecule has 0 aliphatic carbocycles. The molecule has 0 aliphatic rings. The van der Waals surface area contributed by atoms with Crippen LogP contribution in [0.15, 0.2) is 36.4 Å². The van der Waals surface area contributed by atoms with E-state index in [9.17, 15) is 14.0 Å². The van der Waals surface area contributed by atoms with Crippen molar-refractivity contribution in [2.45, 2.75) is 27.3 Å². The van der Waals surface area contributed by atoms with E-state index in [2.05, 4.69) is 5.32 Å². The van der Waals surface area contributed by atoms with Crippen LogP contribution < -0.4 is 19.5 Å². The zero-order valence-electron chi connectivity index (χ0n) is 17.3. The van der Waals surface area contributed by atoms with Gasteiger partial charge in [0.1, 0.15) is 5.82 Å². The molecule has 7 nitrogen and oxygen atoms in total. The molecule has 0 aliphatic heterocycles. The second kappa shape index (κ2) is 11.6. The van der Waals surface area contributed by atoms with Gasteiger partial charge in [0.2, 0.25) is 5.75 Å². The second-order valence-electron chi connectivity index (χ2n) is 6.04. The number of esters is 1. The molecular weight excluding hydrogens is 393 g/mol. The molecule has 0 spiro atoms. The van der Waals surface area contributed by atoms with Gasteiger partial charge in [-0.3, -0.25) is 4.79 Å². The Morgan fingerprint density at radius 2 is 1.53 bits per heavy atom. The van der Waals surface area contributed by atoms with E-state index in [-0.39, 0.29) is 12.1 Å². The van der Waals surface area contributed by atoms with E-state index in [1.54, 1.807) is 32.0 Å². The summed E-state index contributed by atoms with van der Waals surface area (Å²) in [4.78, 5) is 24.4. The molecule has 0 aromatic heterocycles. The maximum atomic E-state index is 13.6. The molecule has 0 saturated carbocycles. The molecule has 2 aromatic rings. The largest absolute Gasteiger partial charge is 0.490 e. The van der Waals surface area contributed by atoms with E-state index in [1.807, 2.05) is 6.92 Å². The normalized spacial score (nSPS) is 10.3. The van der Waals surface area contributed by atoms with Crippen LogP contribution in [0.1, 0.15) is 36.7 Å². The van der Waals surface area contributed by atoms with Crippen LogP contribution in [0, 0.1) is 5.82 Å². The van der Waals surface area contributed by atoms with Crippen LogP contribution in [0.4, 0.5) is 4.39 Å². The zero-order valence-corrected chi connectivity index (χ0v) is 17.3. The average Bonchev–Trinajstić information content (AvgIpc) is 2.73. The topological polar surface area (TPSA) is 83.1 Å². The van der Waals surface area contributed by atoms with Gasteiger partial charge in [-0.1, -0.05) is 18.2 Å². The summed E-state index contributed by atoms with van der Waals surface area (Å²) in [6, 6.07) is 9.06. The van der Waals surface area contributed by atoms with Crippen LogP contribution >= 0.6 is 0 Å². The highest BCUT2D eigenvalue weighted by molar-refractivity contribution is 5.92. The summed E-state index contributed by atoms with van der Waals surface area (Å²) >= 11 is 0. The zero-order chi connectivity index (χ0) is 21.9. The smallest absolute Gasteiger partial charge is 0.338 e. The van der Waals surface area contributed by atoms with E-state index < -0.39 is 24.3 Å². The number of hydrogen-bond acceptors (Lipinski definition) is 6. The number of carbonyl (C=O) groups is 2. The number of halogens is 1. The van der Waals surface area contributed by atoms with Crippen molar-refractivity contribution in [1.29, 1.82) is 0 Å². The number of carbonyl (C=O) groups excluding carboxylic acids is 2. The Bertz CT molecular complexity index is 843. The maximum absolute atomic E-state index is 13.6. The molecule has 30 heavy (non-hydrogen) atoms. The highest BCUT2D eigenvalue weighted by atomic mass is 19.1. The van der Waals surface area contributed by atoms with Gasteiger partial charge in [-0.05, 0) is 39.0 Å². The summed E-state index contributed by atoms with van der Waals surface area (Å²) in [6.45, 7) is 6.05. The molecule has 0 unspecified atom stereocenters. The molecule has 1 amide bonds. The number of hydrogen-bond donors (Lipinski definition) is 1. The van der Waals surface area contributed by atoms with Gasteiger partial charge >= 0.3 is 5.97 Å². The first-order valence-corrected chi connectivity index (χ1v) is 9.73. The summed E-state index contributed by atoms with van der Waals surface area (Å²) in [5, 5.41) is 2.51. The van der Waals surface area contributed by atoms with Crippen LogP contribution in [0.2, 0.25) is 0 Å². The molecule has 8 heteroatoms. The molecule has 1 N–H and O–H groups in total. The van der Waals surface area contributed by atoms with Crippen molar-refractivity contribution in [3.8, 4) is 17.2 Å². The van der Waals surface area contributed by atoms with Gasteiger partial charge in [-0.25, -0.2) is 9.18 Å². The fourth-order valence-corrected chi connectivity index (χ4v) is 2.61. The molecule has 0 radical (unpaired) electrons. The van der Waals surface area contributed by atoms with Gasteiger partial charge in [0.05, 0.1) is 25.4 Å². The molecule has 0 saturated heterocycles. The van der Waals surface area contributed by atoms with E-state index >= 15 is 0 Å². The Kier molecular flexibility index (Phi) is 8.93. The quantitative estimate of drug-likeness (QED) is 0.562. The minimum Gasteiger partial charge on any atom is -0.490 e. The lowest BCUT2D eigenvalue weighted by molar-refractivity contribution is -0.124. The SMILES string of the molecule is CCOc1cc(C(=O)OCC(=O)NCc2ccccc2F)cc(OCC)c1OCC. The van der Waals surface area contributed by atoms with Crippen molar-refractivity contribution in [2.24, 2.45) is 0 Å². The predicted molar refractivity (Wildman–Crippen MR) is 108 cm³/mol. The number of rotatable bonds is 11. The first-order valence-electron chi connectivity index (χ1n) is 9.73. The van der Waals surface area contributed by atoms with E-state index in [0.29, 0.717) is 42.6 Å². The van der Waals surface area contributed by atoms with E-state index in [1.165, 1.54) is 18.2 Å². The van der Waals surface area contributed by atoms with Gasteiger partial charge < -0.3 is 24.3 Å². The molecule has 0 heterocycles. The van der Waals surface area contributed by atoms with Crippen molar-refractivity contribution in [3.05, 3.63) is 53.3 Å². The lowest BCUT2D eigenvalue weighted by Crippen LogP contribution is -2.28. The highest BCUT2D eigenvalue weighted by Crippen LogP contribution is 2.39. The third-order valence-corrected chi connectivity index (χ3v) is 3.91. The van der Waals surface area contributed by atoms with Crippen LogP contribution in [0.3, 0.4) is 0 Å². The third-order valence-electron chi connectivity index (χ3n) is 3.91. The summed E-state index contributed by atoms with van der Waals surface area (Å²) in [5.74, 6) is -0.590. The Morgan fingerprint density at radius 3 is 2.10 bits per heavy atom. The number of benzene rings is 2. The minimum atomic E-state index is -0.721. The number of amides is 1. The highest BCUT2D eigenvalue weighted by Gasteiger charge is 2.20. The Balaban J connectivity index is 2.04. The van der Waals surface area contributed by atoms with Gasteiger partial charge in [0.25, 0.3) is 5.91 Å². The Hall–Kier alpha value is -3.29. The van der Waals surface area contributed by atoms with Crippen LogP contribution in [0.25, 0.3) is 0 Å².